The molecule has 30 heavy (non-hydrogen) atoms. The summed E-state index contributed by atoms with van der Waals surface area (Å²) in [5, 5.41) is 8.32. The number of carbonyl (C=O) groups is 2. The predicted octanol–water partition coefficient (Wildman–Crippen LogP) is 2.41. The Morgan fingerprint density at radius 3 is 2.50 bits per heavy atom. The highest BCUT2D eigenvalue weighted by atomic mass is 33.1. The van der Waals surface area contributed by atoms with Crippen LogP contribution in [0.4, 0.5) is 0 Å². The molecule has 0 aromatic heterocycles. The van der Waals surface area contributed by atoms with E-state index in [0.717, 1.165) is 12.1 Å². The van der Waals surface area contributed by atoms with Gasteiger partial charge < -0.3 is 20.1 Å². The molecule has 0 saturated carbocycles. The molecule has 0 heterocycles. The fourth-order valence-electron chi connectivity index (χ4n) is 2.13. The van der Waals surface area contributed by atoms with Crippen LogP contribution < -0.4 is 16.0 Å². The quantitative estimate of drug-likeness (QED) is 0.139. The number of amides is 2. The van der Waals surface area contributed by atoms with E-state index in [1.807, 2.05) is 39.3 Å². The van der Waals surface area contributed by atoms with Crippen molar-refractivity contribution in [3.63, 3.8) is 0 Å². The molecule has 0 fully saturated rings. The molecule has 1 rings (SSSR count). The van der Waals surface area contributed by atoms with Crippen LogP contribution in [0.3, 0.4) is 0 Å². The minimum atomic E-state index is -0.276. The summed E-state index contributed by atoms with van der Waals surface area (Å²) in [5.41, 5.74) is 1.37. The first kappa shape index (κ1) is 26.3. The highest BCUT2D eigenvalue weighted by Gasteiger charge is 2.14. The van der Waals surface area contributed by atoms with Gasteiger partial charge in [-0.2, -0.15) is 0 Å². The van der Waals surface area contributed by atoms with Gasteiger partial charge in [0.25, 0.3) is 11.8 Å². The summed E-state index contributed by atoms with van der Waals surface area (Å²) < 4.78 is 11.2. The standard InChI is InChI=1S/C21H31N3O4S2/c1-16(2)9-10-23-19(25)15-27-13-14-28-21(30-29-4)18-7-5-17(6-8-18)20(26)24-12-11-22-3/h5-8,16,21-22H,11-15H2,1-4H3,(H,23,25)(H,24,26). The summed E-state index contributed by atoms with van der Waals surface area (Å²) >= 11 is 0. The van der Waals surface area contributed by atoms with Crippen molar-refractivity contribution in [2.45, 2.75) is 19.3 Å². The number of ether oxygens (including phenoxy) is 2. The maximum Gasteiger partial charge on any atom is 0.257 e. The van der Waals surface area contributed by atoms with Crippen molar-refractivity contribution in [1.29, 1.82) is 0 Å². The first-order chi connectivity index (χ1) is 14.5. The van der Waals surface area contributed by atoms with Crippen molar-refractivity contribution < 1.29 is 19.1 Å². The first-order valence-electron chi connectivity index (χ1n) is 9.68. The van der Waals surface area contributed by atoms with Gasteiger partial charge in [0.05, 0.1) is 13.2 Å². The Morgan fingerprint density at radius 2 is 1.87 bits per heavy atom. The van der Waals surface area contributed by atoms with Gasteiger partial charge in [-0.3, -0.25) is 14.9 Å². The van der Waals surface area contributed by atoms with Crippen LogP contribution in [0, 0.1) is 17.9 Å². The third-order valence-electron chi connectivity index (χ3n) is 3.58. The highest BCUT2D eigenvalue weighted by Crippen LogP contribution is 2.37. The molecule has 7 nitrogen and oxygen atoms in total. The Kier molecular flexibility index (Phi) is 14.1. The molecule has 2 amide bonds. The summed E-state index contributed by atoms with van der Waals surface area (Å²) in [4.78, 5) is 23.7. The number of carbonyl (C=O) groups excluding carboxylic acids is 2. The summed E-state index contributed by atoms with van der Waals surface area (Å²) in [5.74, 6) is 2.68. The summed E-state index contributed by atoms with van der Waals surface area (Å²) in [6.45, 7) is 5.77. The maximum atomic E-state index is 12.1. The number of hydrogen-bond acceptors (Lipinski definition) is 7. The highest BCUT2D eigenvalue weighted by molar-refractivity contribution is 8.76. The van der Waals surface area contributed by atoms with Crippen LogP contribution in [-0.4, -0.2) is 58.0 Å². The molecule has 0 aliphatic carbocycles. The van der Waals surface area contributed by atoms with Crippen molar-refractivity contribution in [2.24, 2.45) is 5.92 Å². The zero-order valence-corrected chi connectivity index (χ0v) is 19.6. The first-order valence-corrected chi connectivity index (χ1v) is 12.3. The van der Waals surface area contributed by atoms with Gasteiger partial charge >= 0.3 is 0 Å². The van der Waals surface area contributed by atoms with E-state index in [4.69, 9.17) is 9.47 Å². The van der Waals surface area contributed by atoms with E-state index >= 15 is 0 Å². The van der Waals surface area contributed by atoms with E-state index in [0.29, 0.717) is 25.3 Å². The molecule has 1 unspecified atom stereocenters. The number of likely N-dealkylation sites (N-methyl/N-ethyl adjacent to an activating group) is 1. The molecule has 0 aliphatic heterocycles. The lowest BCUT2D eigenvalue weighted by Gasteiger charge is -2.17. The summed E-state index contributed by atoms with van der Waals surface area (Å²) in [6, 6.07) is 9.98. The van der Waals surface area contributed by atoms with Gasteiger partial charge in [0.1, 0.15) is 12.0 Å². The molecular formula is C21H31N3O4S2. The monoisotopic (exact) mass is 453 g/mol. The second-order valence-corrected chi connectivity index (χ2v) is 9.00. The molecule has 3 N–H and O–H groups in total. The molecule has 0 saturated heterocycles. The number of hydrogen-bond donors (Lipinski definition) is 3. The molecule has 1 aromatic carbocycles. The molecule has 9 heteroatoms. The third kappa shape index (κ3) is 11.5. The van der Waals surface area contributed by atoms with Crippen molar-refractivity contribution in [3.8, 4) is 12.0 Å². The van der Waals surface area contributed by atoms with Crippen LogP contribution in [0.15, 0.2) is 24.3 Å². The van der Waals surface area contributed by atoms with Gasteiger partial charge in [-0.15, -0.1) is 0 Å². The maximum absolute atomic E-state index is 12.1. The van der Waals surface area contributed by atoms with E-state index in [9.17, 15) is 9.59 Å². The Morgan fingerprint density at radius 1 is 1.13 bits per heavy atom. The second-order valence-electron chi connectivity index (χ2n) is 6.47. The number of nitrogens with one attached hydrogen (secondary N) is 3. The molecular weight excluding hydrogens is 422 g/mol. The molecule has 0 aliphatic rings. The van der Waals surface area contributed by atoms with Gasteiger partial charge in [-0.05, 0) is 31.0 Å². The van der Waals surface area contributed by atoms with Gasteiger partial charge in [0.15, 0.2) is 0 Å². The summed E-state index contributed by atoms with van der Waals surface area (Å²) in [7, 11) is 5.01. The normalized spacial score (nSPS) is 11.5. The predicted molar refractivity (Wildman–Crippen MR) is 124 cm³/mol. The largest absolute Gasteiger partial charge is 0.369 e. The van der Waals surface area contributed by atoms with Crippen molar-refractivity contribution in [3.05, 3.63) is 35.4 Å². The Bertz CT molecular complexity index is 702. The van der Waals surface area contributed by atoms with E-state index in [1.54, 1.807) is 33.7 Å². The molecule has 0 bridgehead atoms. The summed E-state index contributed by atoms with van der Waals surface area (Å²) in [6.07, 6.45) is 1.98. The van der Waals surface area contributed by atoms with Crippen LogP contribution in [-0.2, 0) is 14.3 Å². The fourth-order valence-corrected chi connectivity index (χ4v) is 3.75. The van der Waals surface area contributed by atoms with Crippen molar-refractivity contribution >= 4 is 33.4 Å². The van der Waals surface area contributed by atoms with Crippen LogP contribution in [0.25, 0.3) is 0 Å². The van der Waals surface area contributed by atoms with Crippen LogP contribution in [0.1, 0.15) is 35.2 Å². The number of benzene rings is 1. The van der Waals surface area contributed by atoms with E-state index in [2.05, 4.69) is 27.9 Å². The van der Waals surface area contributed by atoms with Gasteiger partial charge in [-0.25, -0.2) is 0 Å². The van der Waals surface area contributed by atoms with Crippen LogP contribution in [0.5, 0.6) is 0 Å². The van der Waals surface area contributed by atoms with E-state index in [1.165, 1.54) is 0 Å². The van der Waals surface area contributed by atoms with E-state index < -0.39 is 0 Å². The third-order valence-corrected chi connectivity index (χ3v) is 5.46. The lowest BCUT2D eigenvalue weighted by molar-refractivity contribution is -0.125. The van der Waals surface area contributed by atoms with Crippen LogP contribution >= 0.6 is 21.6 Å². The zero-order chi connectivity index (χ0) is 22.2. The molecule has 0 spiro atoms. The number of rotatable bonds is 13. The van der Waals surface area contributed by atoms with Gasteiger partial charge in [-0.1, -0.05) is 53.5 Å². The SMILES string of the molecule is CNCCNC(=O)c1ccc(C(OCCOCC(=O)NC#CC(C)C)SSC)cc1. The Balaban J connectivity index is 2.42. The average Bonchev–Trinajstić information content (AvgIpc) is 2.72. The Hall–Kier alpha value is -1.70. The van der Waals surface area contributed by atoms with E-state index in [-0.39, 0.29) is 29.8 Å². The van der Waals surface area contributed by atoms with Crippen molar-refractivity contribution in [2.75, 3.05) is 46.2 Å². The average molecular weight is 454 g/mol. The lowest BCUT2D eigenvalue weighted by atomic mass is 10.1. The fraction of sp³-hybridized carbons (Fsp3) is 0.524. The van der Waals surface area contributed by atoms with Gasteiger partial charge in [0.2, 0.25) is 0 Å². The molecule has 1 atom stereocenters. The minimum absolute atomic E-state index is 0.0617. The topological polar surface area (TPSA) is 88.7 Å². The second kappa shape index (κ2) is 16.1. The van der Waals surface area contributed by atoms with Crippen LogP contribution in [0.2, 0.25) is 0 Å². The molecule has 166 valence electrons. The molecule has 0 radical (unpaired) electrons. The van der Waals surface area contributed by atoms with Gasteiger partial charge in [0, 0.05) is 30.6 Å². The zero-order valence-electron chi connectivity index (χ0n) is 17.9. The van der Waals surface area contributed by atoms with Crippen molar-refractivity contribution in [1.82, 2.24) is 16.0 Å². The Labute approximate surface area is 187 Å². The lowest BCUT2D eigenvalue weighted by Crippen LogP contribution is -2.30. The smallest absolute Gasteiger partial charge is 0.257 e. The minimum Gasteiger partial charge on any atom is -0.369 e. The molecule has 1 aromatic rings.